The van der Waals surface area contributed by atoms with Crippen LogP contribution in [0, 0.1) is 0 Å². The SMILES string of the molecule is CC(C)c1cc(C(=O)N2CCCCC2CNS(C)(=O)=O)c2cnn(C(C)C)c2n1. The molecule has 0 bridgehead atoms. The monoisotopic (exact) mass is 421 g/mol. The van der Waals surface area contributed by atoms with Crippen molar-refractivity contribution in [2.45, 2.75) is 65.0 Å². The number of likely N-dealkylation sites (tertiary alicyclic amines) is 1. The van der Waals surface area contributed by atoms with Crippen molar-refractivity contribution in [1.29, 1.82) is 0 Å². The normalized spacial score (nSPS) is 18.2. The van der Waals surface area contributed by atoms with Crippen molar-refractivity contribution in [1.82, 2.24) is 24.4 Å². The lowest BCUT2D eigenvalue weighted by Crippen LogP contribution is -2.49. The molecular weight excluding hydrogens is 390 g/mol. The summed E-state index contributed by atoms with van der Waals surface area (Å²) in [5.74, 6) is 0.0909. The molecule has 3 rings (SSSR count). The highest BCUT2D eigenvalue weighted by Crippen LogP contribution is 2.27. The van der Waals surface area contributed by atoms with Crippen LogP contribution in [0.4, 0.5) is 0 Å². The Labute approximate surface area is 172 Å². The van der Waals surface area contributed by atoms with Gasteiger partial charge in [-0.05, 0) is 45.1 Å². The Morgan fingerprint density at radius 3 is 2.62 bits per heavy atom. The largest absolute Gasteiger partial charge is 0.334 e. The minimum absolute atomic E-state index is 0.0809. The van der Waals surface area contributed by atoms with Crippen LogP contribution in [-0.2, 0) is 10.0 Å². The molecular formula is C20H31N5O3S. The molecule has 160 valence electrons. The molecule has 1 atom stereocenters. The van der Waals surface area contributed by atoms with Gasteiger partial charge >= 0.3 is 0 Å². The van der Waals surface area contributed by atoms with Crippen LogP contribution in [0.3, 0.4) is 0 Å². The van der Waals surface area contributed by atoms with E-state index < -0.39 is 10.0 Å². The average molecular weight is 422 g/mol. The molecule has 9 heteroatoms. The topological polar surface area (TPSA) is 97.2 Å². The van der Waals surface area contributed by atoms with Crippen molar-refractivity contribution in [2.75, 3.05) is 19.3 Å². The quantitative estimate of drug-likeness (QED) is 0.773. The fourth-order valence-electron chi connectivity index (χ4n) is 3.77. The average Bonchev–Trinajstić information content (AvgIpc) is 3.09. The van der Waals surface area contributed by atoms with E-state index >= 15 is 0 Å². The summed E-state index contributed by atoms with van der Waals surface area (Å²) in [7, 11) is -3.31. The van der Waals surface area contributed by atoms with Gasteiger partial charge in [-0.3, -0.25) is 4.79 Å². The molecule has 1 fully saturated rings. The van der Waals surface area contributed by atoms with Crippen molar-refractivity contribution in [3.63, 3.8) is 0 Å². The fraction of sp³-hybridized carbons (Fsp3) is 0.650. The molecule has 0 saturated carbocycles. The number of amides is 1. The molecule has 1 unspecified atom stereocenters. The van der Waals surface area contributed by atoms with Gasteiger partial charge < -0.3 is 4.90 Å². The lowest BCUT2D eigenvalue weighted by molar-refractivity contribution is 0.0620. The number of nitrogens with zero attached hydrogens (tertiary/aromatic N) is 4. The zero-order valence-corrected chi connectivity index (χ0v) is 18.7. The van der Waals surface area contributed by atoms with E-state index in [0.29, 0.717) is 12.1 Å². The van der Waals surface area contributed by atoms with Crippen LogP contribution in [-0.4, -0.2) is 59.4 Å². The van der Waals surface area contributed by atoms with Gasteiger partial charge in [-0.1, -0.05) is 13.8 Å². The van der Waals surface area contributed by atoms with Gasteiger partial charge in [-0.25, -0.2) is 22.8 Å². The highest BCUT2D eigenvalue weighted by atomic mass is 32.2. The predicted molar refractivity (Wildman–Crippen MR) is 114 cm³/mol. The van der Waals surface area contributed by atoms with Crippen LogP contribution in [0.1, 0.15) is 75.0 Å². The molecule has 0 aromatic carbocycles. The molecule has 2 aromatic heterocycles. The third-order valence-corrected chi connectivity index (χ3v) is 6.06. The Bertz CT molecular complexity index is 997. The number of nitrogens with one attached hydrogen (secondary N) is 1. The van der Waals surface area contributed by atoms with Gasteiger partial charge in [0.05, 0.1) is 23.4 Å². The Balaban J connectivity index is 2.02. The molecule has 1 N–H and O–H groups in total. The van der Waals surface area contributed by atoms with Crippen LogP contribution in [0.25, 0.3) is 11.0 Å². The standard InChI is InChI=1S/C20H31N5O3S/c1-13(2)18-10-16(17-12-21-25(14(3)4)19(17)23-18)20(26)24-9-7-6-8-15(24)11-22-29(5,27)28/h10,12-15,22H,6-9,11H2,1-5H3. The molecule has 3 heterocycles. The highest BCUT2D eigenvalue weighted by Gasteiger charge is 2.30. The summed E-state index contributed by atoms with van der Waals surface area (Å²) in [5.41, 5.74) is 2.17. The van der Waals surface area contributed by atoms with E-state index in [1.165, 1.54) is 0 Å². The summed E-state index contributed by atoms with van der Waals surface area (Å²) < 4.78 is 27.5. The van der Waals surface area contributed by atoms with Gasteiger partial charge in [-0.2, -0.15) is 5.10 Å². The number of hydrogen-bond acceptors (Lipinski definition) is 5. The summed E-state index contributed by atoms with van der Waals surface area (Å²) in [6, 6.07) is 1.85. The Morgan fingerprint density at radius 2 is 2.00 bits per heavy atom. The molecule has 1 aliphatic heterocycles. The summed E-state index contributed by atoms with van der Waals surface area (Å²) in [6.45, 7) is 9.04. The van der Waals surface area contributed by atoms with Crippen LogP contribution < -0.4 is 4.72 Å². The predicted octanol–water partition coefficient (Wildman–Crippen LogP) is 2.68. The molecule has 8 nitrogen and oxygen atoms in total. The van der Waals surface area contributed by atoms with Gasteiger partial charge in [0.15, 0.2) is 5.65 Å². The second-order valence-electron chi connectivity index (χ2n) is 8.44. The zero-order valence-electron chi connectivity index (χ0n) is 17.8. The van der Waals surface area contributed by atoms with Crippen LogP contribution in [0.15, 0.2) is 12.3 Å². The number of pyridine rings is 1. The number of carbonyl (C=O) groups is 1. The molecule has 1 aliphatic rings. The summed E-state index contributed by atoms with van der Waals surface area (Å²) in [5, 5.41) is 5.21. The molecule has 0 aliphatic carbocycles. The van der Waals surface area contributed by atoms with E-state index in [-0.39, 0.29) is 30.5 Å². The summed E-state index contributed by atoms with van der Waals surface area (Å²) >= 11 is 0. The van der Waals surface area contributed by atoms with Crippen molar-refractivity contribution >= 4 is 27.0 Å². The number of carbonyl (C=O) groups excluding carboxylic acids is 1. The third-order valence-electron chi connectivity index (χ3n) is 5.37. The van der Waals surface area contributed by atoms with Gasteiger partial charge in [0, 0.05) is 30.9 Å². The third kappa shape index (κ3) is 4.78. The molecule has 1 amide bonds. The van der Waals surface area contributed by atoms with E-state index in [9.17, 15) is 13.2 Å². The maximum Gasteiger partial charge on any atom is 0.255 e. The number of aromatic nitrogens is 3. The minimum atomic E-state index is -3.31. The number of fused-ring (bicyclic) bond motifs is 1. The minimum Gasteiger partial charge on any atom is -0.334 e. The van der Waals surface area contributed by atoms with Crippen LogP contribution in [0.5, 0.6) is 0 Å². The fourth-order valence-corrected chi connectivity index (χ4v) is 4.27. The maximum atomic E-state index is 13.6. The molecule has 0 spiro atoms. The Morgan fingerprint density at radius 1 is 1.28 bits per heavy atom. The molecule has 0 radical (unpaired) electrons. The number of piperidine rings is 1. The summed E-state index contributed by atoms with van der Waals surface area (Å²) in [6.07, 6.45) is 5.54. The first-order chi connectivity index (χ1) is 13.6. The maximum absolute atomic E-state index is 13.6. The van der Waals surface area contributed by atoms with E-state index in [2.05, 4.69) is 23.7 Å². The van der Waals surface area contributed by atoms with Crippen LogP contribution >= 0.6 is 0 Å². The molecule has 29 heavy (non-hydrogen) atoms. The lowest BCUT2D eigenvalue weighted by Gasteiger charge is -2.36. The van der Waals surface area contributed by atoms with E-state index in [1.54, 1.807) is 6.20 Å². The van der Waals surface area contributed by atoms with Gasteiger partial charge in [0.1, 0.15) is 0 Å². The molecule has 2 aromatic rings. The van der Waals surface area contributed by atoms with Gasteiger partial charge in [0.2, 0.25) is 10.0 Å². The number of sulfonamides is 1. The van der Waals surface area contributed by atoms with Crippen LogP contribution in [0.2, 0.25) is 0 Å². The van der Waals surface area contributed by atoms with Gasteiger partial charge in [0.25, 0.3) is 5.91 Å². The van der Waals surface area contributed by atoms with E-state index in [0.717, 1.165) is 42.2 Å². The Kier molecular flexibility index (Phi) is 6.28. The number of rotatable bonds is 6. The first kappa shape index (κ1) is 21.7. The summed E-state index contributed by atoms with van der Waals surface area (Å²) in [4.78, 5) is 20.2. The number of hydrogen-bond donors (Lipinski definition) is 1. The highest BCUT2D eigenvalue weighted by molar-refractivity contribution is 7.88. The van der Waals surface area contributed by atoms with Crippen molar-refractivity contribution < 1.29 is 13.2 Å². The first-order valence-electron chi connectivity index (χ1n) is 10.2. The van der Waals surface area contributed by atoms with E-state index in [4.69, 9.17) is 4.98 Å². The Hall–Kier alpha value is -2.00. The first-order valence-corrected chi connectivity index (χ1v) is 12.1. The lowest BCUT2D eigenvalue weighted by atomic mass is 9.99. The molecule has 1 saturated heterocycles. The second-order valence-corrected chi connectivity index (χ2v) is 10.3. The smallest absolute Gasteiger partial charge is 0.255 e. The van der Waals surface area contributed by atoms with E-state index in [1.807, 2.05) is 29.5 Å². The van der Waals surface area contributed by atoms with Crippen molar-refractivity contribution in [3.05, 3.63) is 23.5 Å². The van der Waals surface area contributed by atoms with Gasteiger partial charge in [-0.15, -0.1) is 0 Å². The van der Waals surface area contributed by atoms with Crippen molar-refractivity contribution in [3.8, 4) is 0 Å². The second kappa shape index (κ2) is 8.39. The zero-order chi connectivity index (χ0) is 21.3. The van der Waals surface area contributed by atoms with Crippen molar-refractivity contribution in [2.24, 2.45) is 0 Å².